The zero-order valence-electron chi connectivity index (χ0n) is 12.9. The molecule has 3 rings (SSSR count). The Hall–Kier alpha value is -2.66. The van der Waals surface area contributed by atoms with E-state index in [1.807, 2.05) is 30.3 Å². The maximum absolute atomic E-state index is 12.6. The van der Waals surface area contributed by atoms with Gasteiger partial charge in [-0.1, -0.05) is 46.3 Å². The molecule has 1 N–H and O–H groups in total. The van der Waals surface area contributed by atoms with Gasteiger partial charge in [-0.25, -0.2) is 0 Å². The molecule has 0 spiro atoms. The van der Waals surface area contributed by atoms with Crippen LogP contribution in [0.2, 0.25) is 0 Å². The van der Waals surface area contributed by atoms with E-state index in [0.717, 1.165) is 4.47 Å². The zero-order chi connectivity index (χ0) is 17.1. The minimum absolute atomic E-state index is 0.0115. The number of rotatable bonds is 3. The monoisotopic (exact) mass is 383 g/mol. The van der Waals surface area contributed by atoms with Gasteiger partial charge in [0.05, 0.1) is 0 Å². The minimum Gasteiger partial charge on any atom is -0.460 e. The molecule has 1 aromatic heterocycles. The molecule has 0 bridgehead atoms. The smallest absolute Gasteiger partial charge is 0.263 e. The second-order valence-electron chi connectivity index (χ2n) is 5.26. The molecule has 0 saturated heterocycles. The van der Waals surface area contributed by atoms with Crippen LogP contribution in [0.3, 0.4) is 0 Å². The molecule has 24 heavy (non-hydrogen) atoms. The molecule has 1 amide bonds. The van der Waals surface area contributed by atoms with Crippen LogP contribution in [0.15, 0.2) is 74.3 Å². The first-order valence-corrected chi connectivity index (χ1v) is 8.11. The van der Waals surface area contributed by atoms with Crippen LogP contribution in [0.5, 0.6) is 0 Å². The second kappa shape index (κ2) is 6.84. The quantitative estimate of drug-likeness (QED) is 0.716. The van der Waals surface area contributed by atoms with Crippen molar-refractivity contribution < 1.29 is 9.21 Å². The first-order chi connectivity index (χ1) is 11.5. The highest BCUT2D eigenvalue weighted by atomic mass is 79.9. The van der Waals surface area contributed by atoms with Crippen molar-refractivity contribution >= 4 is 27.5 Å². The van der Waals surface area contributed by atoms with Crippen LogP contribution in [0, 0.1) is 6.92 Å². The number of carbonyl (C=O) groups is 1. The standard InChI is InChI=1S/C19H14BrNO3/c1-12-10-16(22)17(19(23)21-15-8-3-2-4-9-15)18(24-12)13-6-5-7-14(20)11-13/h2-11H,1H3,(H,21,23). The number of nitrogens with one attached hydrogen (secondary N) is 1. The number of hydrogen-bond donors (Lipinski definition) is 1. The first kappa shape index (κ1) is 16.2. The average Bonchev–Trinajstić information content (AvgIpc) is 2.55. The number of halogens is 1. The summed E-state index contributed by atoms with van der Waals surface area (Å²) >= 11 is 3.39. The van der Waals surface area contributed by atoms with Crippen LogP contribution < -0.4 is 10.7 Å². The lowest BCUT2D eigenvalue weighted by molar-refractivity contribution is 0.102. The molecule has 2 aromatic carbocycles. The van der Waals surface area contributed by atoms with Gasteiger partial charge in [0.15, 0.2) is 11.2 Å². The van der Waals surface area contributed by atoms with Gasteiger partial charge in [0.2, 0.25) is 0 Å². The molecule has 4 nitrogen and oxygen atoms in total. The van der Waals surface area contributed by atoms with E-state index in [1.54, 1.807) is 31.2 Å². The Morgan fingerprint density at radius 2 is 1.79 bits per heavy atom. The molecule has 0 aliphatic rings. The van der Waals surface area contributed by atoms with Crippen molar-refractivity contribution in [3.63, 3.8) is 0 Å². The zero-order valence-corrected chi connectivity index (χ0v) is 14.5. The van der Waals surface area contributed by atoms with E-state index < -0.39 is 5.91 Å². The minimum atomic E-state index is -0.495. The van der Waals surface area contributed by atoms with Gasteiger partial charge in [-0.15, -0.1) is 0 Å². The number of para-hydroxylation sites is 1. The predicted molar refractivity (Wildman–Crippen MR) is 97.2 cm³/mol. The molecule has 1 heterocycles. The molecule has 0 aliphatic heterocycles. The lowest BCUT2D eigenvalue weighted by Gasteiger charge is -2.10. The van der Waals surface area contributed by atoms with E-state index in [0.29, 0.717) is 17.0 Å². The molecule has 0 radical (unpaired) electrons. The summed E-state index contributed by atoms with van der Waals surface area (Å²) in [4.78, 5) is 25.1. The first-order valence-electron chi connectivity index (χ1n) is 7.31. The summed E-state index contributed by atoms with van der Waals surface area (Å²) in [5, 5.41) is 2.73. The fraction of sp³-hybridized carbons (Fsp3) is 0.0526. The van der Waals surface area contributed by atoms with Gasteiger partial charge in [-0.2, -0.15) is 0 Å². The fourth-order valence-electron chi connectivity index (χ4n) is 2.37. The van der Waals surface area contributed by atoms with Gasteiger partial charge in [-0.05, 0) is 31.2 Å². The van der Waals surface area contributed by atoms with Crippen molar-refractivity contribution in [2.45, 2.75) is 6.92 Å². The molecule has 0 unspecified atom stereocenters. The van der Waals surface area contributed by atoms with E-state index in [9.17, 15) is 9.59 Å². The third-order valence-corrected chi connectivity index (χ3v) is 3.91. The highest BCUT2D eigenvalue weighted by Crippen LogP contribution is 2.26. The Bertz CT molecular complexity index is 948. The molecule has 0 saturated carbocycles. The maximum Gasteiger partial charge on any atom is 0.263 e. The molecular formula is C19H14BrNO3. The topological polar surface area (TPSA) is 59.3 Å². The van der Waals surface area contributed by atoms with Crippen LogP contribution in [0.4, 0.5) is 5.69 Å². The van der Waals surface area contributed by atoms with Gasteiger partial charge in [0.25, 0.3) is 5.91 Å². The molecular weight excluding hydrogens is 370 g/mol. The van der Waals surface area contributed by atoms with E-state index in [-0.39, 0.29) is 16.8 Å². The maximum atomic E-state index is 12.6. The Morgan fingerprint density at radius 3 is 2.50 bits per heavy atom. The Morgan fingerprint density at radius 1 is 1.04 bits per heavy atom. The lowest BCUT2D eigenvalue weighted by Crippen LogP contribution is -2.22. The molecule has 5 heteroatoms. The summed E-state index contributed by atoms with van der Waals surface area (Å²) in [5.41, 5.74) is 0.885. The van der Waals surface area contributed by atoms with Crippen LogP contribution in [0.25, 0.3) is 11.3 Å². The van der Waals surface area contributed by atoms with Crippen LogP contribution >= 0.6 is 15.9 Å². The van der Waals surface area contributed by atoms with Crippen LogP contribution in [-0.2, 0) is 0 Å². The van der Waals surface area contributed by atoms with Crippen molar-refractivity contribution in [2.75, 3.05) is 5.32 Å². The Labute approximate surface area is 147 Å². The van der Waals surface area contributed by atoms with E-state index in [2.05, 4.69) is 21.2 Å². The van der Waals surface area contributed by atoms with Crippen molar-refractivity contribution in [1.29, 1.82) is 0 Å². The predicted octanol–water partition coefficient (Wildman–Crippen LogP) is 4.63. The number of benzene rings is 2. The summed E-state index contributed by atoms with van der Waals surface area (Å²) in [6, 6.07) is 17.6. The third kappa shape index (κ3) is 3.46. The number of hydrogen-bond acceptors (Lipinski definition) is 3. The normalized spacial score (nSPS) is 10.4. The second-order valence-corrected chi connectivity index (χ2v) is 6.17. The summed E-state index contributed by atoms with van der Waals surface area (Å²) in [5.74, 6) is 0.214. The highest BCUT2D eigenvalue weighted by molar-refractivity contribution is 9.10. The largest absolute Gasteiger partial charge is 0.460 e. The van der Waals surface area contributed by atoms with Gasteiger partial charge < -0.3 is 9.73 Å². The number of amides is 1. The van der Waals surface area contributed by atoms with E-state index >= 15 is 0 Å². The van der Waals surface area contributed by atoms with Crippen molar-refractivity contribution in [3.05, 3.63) is 86.7 Å². The van der Waals surface area contributed by atoms with E-state index in [1.165, 1.54) is 6.07 Å². The fourth-order valence-corrected chi connectivity index (χ4v) is 2.77. The van der Waals surface area contributed by atoms with Crippen molar-refractivity contribution in [2.24, 2.45) is 0 Å². The van der Waals surface area contributed by atoms with Gasteiger partial charge in [0.1, 0.15) is 11.3 Å². The molecule has 120 valence electrons. The number of aryl methyl sites for hydroxylation is 1. The summed E-state index contributed by atoms with van der Waals surface area (Å²) in [6.07, 6.45) is 0. The molecule has 0 atom stereocenters. The lowest BCUT2D eigenvalue weighted by atomic mass is 10.1. The molecule has 0 aliphatic carbocycles. The highest BCUT2D eigenvalue weighted by Gasteiger charge is 2.20. The number of anilines is 1. The van der Waals surface area contributed by atoms with Gasteiger partial charge >= 0.3 is 0 Å². The molecule has 3 aromatic rings. The molecule has 0 fully saturated rings. The van der Waals surface area contributed by atoms with E-state index in [4.69, 9.17) is 4.42 Å². The average molecular weight is 384 g/mol. The summed E-state index contributed by atoms with van der Waals surface area (Å²) in [7, 11) is 0. The Kier molecular flexibility index (Phi) is 4.62. The van der Waals surface area contributed by atoms with Crippen molar-refractivity contribution in [1.82, 2.24) is 0 Å². The van der Waals surface area contributed by atoms with Crippen LogP contribution in [-0.4, -0.2) is 5.91 Å². The van der Waals surface area contributed by atoms with Gasteiger partial charge in [-0.3, -0.25) is 9.59 Å². The van der Waals surface area contributed by atoms with Crippen molar-refractivity contribution in [3.8, 4) is 11.3 Å². The third-order valence-electron chi connectivity index (χ3n) is 3.42. The summed E-state index contributed by atoms with van der Waals surface area (Å²) < 4.78 is 6.54. The van der Waals surface area contributed by atoms with Gasteiger partial charge in [0, 0.05) is 21.8 Å². The Balaban J connectivity index is 2.10. The number of carbonyl (C=O) groups excluding carboxylic acids is 1. The van der Waals surface area contributed by atoms with Crippen LogP contribution in [0.1, 0.15) is 16.1 Å². The summed E-state index contributed by atoms with van der Waals surface area (Å²) in [6.45, 7) is 1.68. The SMILES string of the molecule is Cc1cc(=O)c(C(=O)Nc2ccccc2)c(-c2cccc(Br)c2)o1.